The molecule has 26 heavy (non-hydrogen) atoms. The number of nitrogens with zero attached hydrogens (tertiary/aromatic N) is 3. The van der Waals surface area contributed by atoms with Crippen LogP contribution in [0.1, 0.15) is 31.5 Å². The van der Waals surface area contributed by atoms with Crippen LogP contribution < -0.4 is 14.8 Å². The molecule has 3 rings (SSSR count). The summed E-state index contributed by atoms with van der Waals surface area (Å²) in [6.07, 6.45) is 2.37. The summed E-state index contributed by atoms with van der Waals surface area (Å²) in [5, 5.41) is 12.0. The molecule has 1 heterocycles. The van der Waals surface area contributed by atoms with Gasteiger partial charge in [-0.25, -0.2) is 0 Å². The number of nitrogens with one attached hydrogen (secondary N) is 1. The highest BCUT2D eigenvalue weighted by Crippen LogP contribution is 2.39. The predicted molar refractivity (Wildman–Crippen MR) is 99.8 cm³/mol. The normalized spacial score (nSPS) is 13.5. The van der Waals surface area contributed by atoms with Crippen LogP contribution in [0, 0.1) is 0 Å². The number of carbonyl (C=O) groups is 1. The largest absolute Gasteiger partial charge is 0.494 e. The Morgan fingerprint density at radius 2 is 1.92 bits per heavy atom. The SMILES string of the molecule is CCOc1ccc(OCCNC(=O)CSc2nnc(C3CC3)n2C)cc1. The molecule has 2 aromatic rings. The molecule has 0 spiro atoms. The zero-order valence-corrected chi connectivity index (χ0v) is 15.9. The molecular weight excluding hydrogens is 352 g/mol. The number of amides is 1. The van der Waals surface area contributed by atoms with Crippen LogP contribution in [0.3, 0.4) is 0 Å². The maximum atomic E-state index is 11.9. The van der Waals surface area contributed by atoms with E-state index in [1.807, 2.05) is 42.8 Å². The Bertz CT molecular complexity index is 729. The molecule has 1 amide bonds. The van der Waals surface area contributed by atoms with Gasteiger partial charge in [-0.05, 0) is 44.0 Å². The molecule has 1 aromatic heterocycles. The number of benzene rings is 1. The lowest BCUT2D eigenvalue weighted by molar-refractivity contribution is -0.118. The van der Waals surface area contributed by atoms with E-state index >= 15 is 0 Å². The van der Waals surface area contributed by atoms with E-state index in [2.05, 4.69) is 15.5 Å². The van der Waals surface area contributed by atoms with Crippen molar-refractivity contribution in [3.63, 3.8) is 0 Å². The van der Waals surface area contributed by atoms with Crippen LogP contribution in [-0.4, -0.2) is 46.2 Å². The number of aromatic nitrogens is 3. The van der Waals surface area contributed by atoms with Crippen molar-refractivity contribution in [2.75, 3.05) is 25.5 Å². The summed E-state index contributed by atoms with van der Waals surface area (Å²) in [6, 6.07) is 7.44. The van der Waals surface area contributed by atoms with Crippen LogP contribution in [0.4, 0.5) is 0 Å². The summed E-state index contributed by atoms with van der Waals surface area (Å²) in [5.74, 6) is 3.43. The Kier molecular flexibility index (Phi) is 6.38. The van der Waals surface area contributed by atoms with E-state index in [-0.39, 0.29) is 5.91 Å². The van der Waals surface area contributed by atoms with Gasteiger partial charge in [0.15, 0.2) is 5.16 Å². The highest BCUT2D eigenvalue weighted by molar-refractivity contribution is 7.99. The van der Waals surface area contributed by atoms with Crippen molar-refractivity contribution in [3.05, 3.63) is 30.1 Å². The van der Waals surface area contributed by atoms with Gasteiger partial charge < -0.3 is 19.4 Å². The van der Waals surface area contributed by atoms with E-state index in [4.69, 9.17) is 9.47 Å². The Labute approximate surface area is 157 Å². The van der Waals surface area contributed by atoms with Crippen LogP contribution in [0.15, 0.2) is 29.4 Å². The van der Waals surface area contributed by atoms with Gasteiger partial charge in [-0.1, -0.05) is 11.8 Å². The molecule has 0 unspecified atom stereocenters. The lowest BCUT2D eigenvalue weighted by Gasteiger charge is -2.09. The number of thioether (sulfide) groups is 1. The minimum Gasteiger partial charge on any atom is -0.494 e. The van der Waals surface area contributed by atoms with Crippen molar-refractivity contribution in [1.82, 2.24) is 20.1 Å². The second kappa shape index (κ2) is 8.93. The monoisotopic (exact) mass is 376 g/mol. The minimum atomic E-state index is -0.0405. The third kappa shape index (κ3) is 5.14. The molecular formula is C18H24N4O3S. The second-order valence-electron chi connectivity index (χ2n) is 6.07. The summed E-state index contributed by atoms with van der Waals surface area (Å²) in [7, 11) is 1.96. The fraction of sp³-hybridized carbons (Fsp3) is 0.500. The first-order valence-corrected chi connectivity index (χ1v) is 9.80. The summed E-state index contributed by atoms with van der Waals surface area (Å²) in [5.41, 5.74) is 0. The molecule has 0 bridgehead atoms. The highest BCUT2D eigenvalue weighted by atomic mass is 32.2. The maximum absolute atomic E-state index is 11.9. The van der Waals surface area contributed by atoms with Crippen LogP contribution >= 0.6 is 11.8 Å². The Hall–Kier alpha value is -2.22. The van der Waals surface area contributed by atoms with E-state index in [0.29, 0.717) is 31.4 Å². The number of ether oxygens (including phenoxy) is 2. The number of rotatable bonds is 10. The molecule has 1 aliphatic carbocycles. The predicted octanol–water partition coefficient (Wildman–Crippen LogP) is 2.38. The third-order valence-corrected chi connectivity index (χ3v) is 4.99. The van der Waals surface area contributed by atoms with Gasteiger partial charge in [-0.2, -0.15) is 0 Å². The molecule has 1 aliphatic rings. The third-order valence-electron chi connectivity index (χ3n) is 3.97. The van der Waals surface area contributed by atoms with E-state index < -0.39 is 0 Å². The van der Waals surface area contributed by atoms with Gasteiger partial charge in [0, 0.05) is 13.0 Å². The second-order valence-corrected chi connectivity index (χ2v) is 7.01. The lowest BCUT2D eigenvalue weighted by Crippen LogP contribution is -2.29. The van der Waals surface area contributed by atoms with Crippen LogP contribution in [0.25, 0.3) is 0 Å². The summed E-state index contributed by atoms with van der Waals surface area (Å²) < 4.78 is 13.0. The van der Waals surface area contributed by atoms with Gasteiger partial charge >= 0.3 is 0 Å². The zero-order chi connectivity index (χ0) is 18.4. The molecule has 8 heteroatoms. The standard InChI is InChI=1S/C18H24N4O3S/c1-3-24-14-6-8-15(9-7-14)25-11-10-19-16(23)12-26-18-21-20-17(22(18)2)13-4-5-13/h6-9,13H,3-5,10-12H2,1-2H3,(H,19,23). The van der Waals surface area contributed by atoms with Crippen molar-refractivity contribution in [1.29, 1.82) is 0 Å². The smallest absolute Gasteiger partial charge is 0.230 e. The van der Waals surface area contributed by atoms with Gasteiger partial charge in [-0.15, -0.1) is 10.2 Å². The Balaban J connectivity index is 1.32. The van der Waals surface area contributed by atoms with Crippen LogP contribution in [0.2, 0.25) is 0 Å². The van der Waals surface area contributed by atoms with Gasteiger partial charge in [0.25, 0.3) is 0 Å². The summed E-state index contributed by atoms with van der Waals surface area (Å²) >= 11 is 1.40. The average molecular weight is 376 g/mol. The van der Waals surface area contributed by atoms with Crippen molar-refractivity contribution < 1.29 is 14.3 Å². The van der Waals surface area contributed by atoms with Crippen molar-refractivity contribution in [2.45, 2.75) is 30.8 Å². The fourth-order valence-electron chi connectivity index (χ4n) is 2.49. The fourth-order valence-corrected chi connectivity index (χ4v) is 3.24. The number of hydrogen-bond acceptors (Lipinski definition) is 6. The van der Waals surface area contributed by atoms with Gasteiger partial charge in [0.2, 0.25) is 5.91 Å². The van der Waals surface area contributed by atoms with Crippen LogP contribution in [-0.2, 0) is 11.8 Å². The molecule has 1 aromatic carbocycles. The van der Waals surface area contributed by atoms with Crippen molar-refractivity contribution in [2.24, 2.45) is 7.05 Å². The summed E-state index contributed by atoms with van der Waals surface area (Å²) in [6.45, 7) is 3.46. The molecule has 1 saturated carbocycles. The molecule has 1 N–H and O–H groups in total. The zero-order valence-electron chi connectivity index (χ0n) is 15.1. The van der Waals surface area contributed by atoms with Crippen LogP contribution in [0.5, 0.6) is 11.5 Å². The van der Waals surface area contributed by atoms with Crippen molar-refractivity contribution >= 4 is 17.7 Å². The first-order valence-electron chi connectivity index (χ1n) is 8.81. The van der Waals surface area contributed by atoms with Crippen molar-refractivity contribution in [3.8, 4) is 11.5 Å². The van der Waals surface area contributed by atoms with E-state index in [1.54, 1.807) is 0 Å². The van der Waals surface area contributed by atoms with E-state index in [1.165, 1.54) is 24.6 Å². The van der Waals surface area contributed by atoms with Gasteiger partial charge in [-0.3, -0.25) is 4.79 Å². The quantitative estimate of drug-likeness (QED) is 0.507. The average Bonchev–Trinajstić information content (AvgIpc) is 3.42. The molecule has 0 radical (unpaired) electrons. The minimum absolute atomic E-state index is 0.0405. The molecule has 140 valence electrons. The van der Waals surface area contributed by atoms with E-state index in [9.17, 15) is 4.79 Å². The highest BCUT2D eigenvalue weighted by Gasteiger charge is 2.29. The first kappa shape index (κ1) is 18.6. The molecule has 0 saturated heterocycles. The maximum Gasteiger partial charge on any atom is 0.230 e. The molecule has 0 atom stereocenters. The first-order chi connectivity index (χ1) is 12.7. The Morgan fingerprint density at radius 3 is 2.58 bits per heavy atom. The lowest BCUT2D eigenvalue weighted by atomic mass is 10.3. The molecule has 7 nitrogen and oxygen atoms in total. The van der Waals surface area contributed by atoms with Gasteiger partial charge in [0.05, 0.1) is 18.9 Å². The molecule has 0 aliphatic heterocycles. The summed E-state index contributed by atoms with van der Waals surface area (Å²) in [4.78, 5) is 11.9. The van der Waals surface area contributed by atoms with E-state index in [0.717, 1.165) is 22.5 Å². The molecule has 1 fully saturated rings. The topological polar surface area (TPSA) is 78.3 Å². The van der Waals surface area contributed by atoms with Gasteiger partial charge in [0.1, 0.15) is 23.9 Å². The Morgan fingerprint density at radius 1 is 1.23 bits per heavy atom. The number of hydrogen-bond donors (Lipinski definition) is 1. The number of carbonyl (C=O) groups excluding carboxylic acids is 1.